The largest absolute Gasteiger partial charge is 0.481 e. The number of aryl methyl sites for hydroxylation is 1. The van der Waals surface area contributed by atoms with Gasteiger partial charge in [-0.3, -0.25) is 9.59 Å². The molecular weight excluding hydrogens is 273 g/mol. The summed E-state index contributed by atoms with van der Waals surface area (Å²) in [5.41, 5.74) is -0.122. The molecule has 2 rings (SSSR count). The highest BCUT2D eigenvalue weighted by atomic mass is 19.1. The van der Waals surface area contributed by atoms with E-state index in [0.717, 1.165) is 5.56 Å². The van der Waals surface area contributed by atoms with Gasteiger partial charge in [0.2, 0.25) is 0 Å². The van der Waals surface area contributed by atoms with Gasteiger partial charge in [0.05, 0.1) is 11.0 Å². The van der Waals surface area contributed by atoms with E-state index >= 15 is 0 Å². The zero-order chi connectivity index (χ0) is 15.8. The molecule has 5 heteroatoms. The first kappa shape index (κ1) is 15.5. The van der Waals surface area contributed by atoms with Crippen LogP contribution in [-0.4, -0.2) is 35.0 Å². The summed E-state index contributed by atoms with van der Waals surface area (Å²) in [7, 11) is 0. The number of rotatable bonds is 3. The lowest BCUT2D eigenvalue weighted by Crippen LogP contribution is -2.40. The van der Waals surface area contributed by atoms with Gasteiger partial charge < -0.3 is 10.0 Å². The van der Waals surface area contributed by atoms with E-state index in [1.54, 1.807) is 13.0 Å². The third-order valence-corrected chi connectivity index (χ3v) is 4.47. The number of carbonyl (C=O) groups excluding carboxylic acids is 1. The van der Waals surface area contributed by atoms with Crippen LogP contribution in [0, 0.1) is 24.1 Å². The maximum Gasteiger partial charge on any atom is 0.311 e. The molecular formula is C16H20FNO3. The molecule has 1 heterocycles. The molecule has 1 unspecified atom stereocenters. The molecule has 1 aliphatic rings. The average molecular weight is 293 g/mol. The van der Waals surface area contributed by atoms with E-state index < -0.39 is 23.1 Å². The van der Waals surface area contributed by atoms with Crippen molar-refractivity contribution < 1.29 is 19.1 Å². The Morgan fingerprint density at radius 2 is 2.05 bits per heavy atom. The molecule has 114 valence electrons. The van der Waals surface area contributed by atoms with E-state index in [1.807, 2.05) is 13.8 Å². The molecule has 0 saturated carbocycles. The van der Waals surface area contributed by atoms with Crippen molar-refractivity contribution >= 4 is 11.9 Å². The summed E-state index contributed by atoms with van der Waals surface area (Å²) in [4.78, 5) is 25.5. The lowest BCUT2D eigenvalue weighted by Gasteiger charge is -2.28. The van der Waals surface area contributed by atoms with Crippen LogP contribution in [0.3, 0.4) is 0 Å². The highest BCUT2D eigenvalue weighted by molar-refractivity contribution is 5.95. The van der Waals surface area contributed by atoms with Gasteiger partial charge in [-0.05, 0) is 31.4 Å². The number of carboxylic acids is 1. The molecule has 1 atom stereocenters. The molecule has 1 fully saturated rings. The van der Waals surface area contributed by atoms with Gasteiger partial charge in [-0.2, -0.15) is 0 Å². The number of carbonyl (C=O) groups is 2. The van der Waals surface area contributed by atoms with Gasteiger partial charge in [-0.25, -0.2) is 4.39 Å². The van der Waals surface area contributed by atoms with Crippen molar-refractivity contribution in [1.29, 1.82) is 0 Å². The van der Waals surface area contributed by atoms with Crippen molar-refractivity contribution in [1.82, 2.24) is 4.90 Å². The van der Waals surface area contributed by atoms with Crippen molar-refractivity contribution in [3.63, 3.8) is 0 Å². The van der Waals surface area contributed by atoms with Crippen molar-refractivity contribution in [2.75, 3.05) is 13.1 Å². The van der Waals surface area contributed by atoms with E-state index in [2.05, 4.69) is 0 Å². The molecule has 0 aliphatic carbocycles. The summed E-state index contributed by atoms with van der Waals surface area (Å²) in [6.07, 6.45) is 0.402. The average Bonchev–Trinajstić information content (AvgIpc) is 2.87. The van der Waals surface area contributed by atoms with Crippen LogP contribution in [0.15, 0.2) is 18.2 Å². The van der Waals surface area contributed by atoms with Crippen molar-refractivity contribution in [2.45, 2.75) is 27.2 Å². The van der Waals surface area contributed by atoms with Gasteiger partial charge in [-0.1, -0.05) is 25.5 Å². The van der Waals surface area contributed by atoms with Crippen LogP contribution < -0.4 is 0 Å². The summed E-state index contributed by atoms with van der Waals surface area (Å²) < 4.78 is 13.8. The van der Waals surface area contributed by atoms with Gasteiger partial charge in [0.15, 0.2) is 0 Å². The summed E-state index contributed by atoms with van der Waals surface area (Å²) in [6, 6.07) is 4.38. The number of aliphatic carboxylic acids is 1. The molecule has 1 saturated heterocycles. The SMILES string of the molecule is Cc1ccc(F)c(C(=O)N2CCC(C(=O)O)(C(C)C)C2)c1. The van der Waals surface area contributed by atoms with Gasteiger partial charge in [0.25, 0.3) is 5.91 Å². The molecule has 1 amide bonds. The summed E-state index contributed by atoms with van der Waals surface area (Å²) in [6.45, 7) is 5.95. The highest BCUT2D eigenvalue weighted by Gasteiger charge is 2.48. The summed E-state index contributed by atoms with van der Waals surface area (Å²) >= 11 is 0. The summed E-state index contributed by atoms with van der Waals surface area (Å²) in [5.74, 6) is -1.98. The molecule has 1 aliphatic heterocycles. The zero-order valence-corrected chi connectivity index (χ0v) is 12.5. The first-order valence-electron chi connectivity index (χ1n) is 7.07. The third kappa shape index (κ3) is 2.64. The monoisotopic (exact) mass is 293 g/mol. The topological polar surface area (TPSA) is 57.6 Å². The number of likely N-dealkylation sites (tertiary alicyclic amines) is 1. The number of benzene rings is 1. The molecule has 0 aromatic heterocycles. The van der Waals surface area contributed by atoms with Crippen LogP contribution >= 0.6 is 0 Å². The fourth-order valence-electron chi connectivity index (χ4n) is 2.87. The van der Waals surface area contributed by atoms with E-state index in [0.29, 0.717) is 13.0 Å². The van der Waals surface area contributed by atoms with Crippen LogP contribution in [0.1, 0.15) is 36.2 Å². The number of hydrogen-bond acceptors (Lipinski definition) is 2. The van der Waals surface area contributed by atoms with Gasteiger partial charge in [0, 0.05) is 13.1 Å². The Bertz CT molecular complexity index is 585. The smallest absolute Gasteiger partial charge is 0.311 e. The van der Waals surface area contributed by atoms with E-state index in [1.165, 1.54) is 17.0 Å². The molecule has 0 radical (unpaired) electrons. The summed E-state index contributed by atoms with van der Waals surface area (Å²) in [5, 5.41) is 9.49. The van der Waals surface area contributed by atoms with Crippen LogP contribution in [0.4, 0.5) is 4.39 Å². The van der Waals surface area contributed by atoms with Crippen LogP contribution in [-0.2, 0) is 4.79 Å². The fourth-order valence-corrected chi connectivity index (χ4v) is 2.87. The predicted octanol–water partition coefficient (Wildman–Crippen LogP) is 2.71. The molecule has 21 heavy (non-hydrogen) atoms. The zero-order valence-electron chi connectivity index (χ0n) is 12.5. The first-order valence-corrected chi connectivity index (χ1v) is 7.07. The Morgan fingerprint density at radius 3 is 2.57 bits per heavy atom. The molecule has 1 N–H and O–H groups in total. The number of carboxylic acid groups (broad SMARTS) is 1. The number of nitrogens with zero attached hydrogens (tertiary/aromatic N) is 1. The Morgan fingerprint density at radius 1 is 1.38 bits per heavy atom. The Hall–Kier alpha value is -1.91. The quantitative estimate of drug-likeness (QED) is 0.932. The number of hydrogen-bond donors (Lipinski definition) is 1. The molecule has 0 bridgehead atoms. The van der Waals surface area contributed by atoms with Crippen molar-refractivity contribution in [3.8, 4) is 0 Å². The van der Waals surface area contributed by atoms with E-state index in [9.17, 15) is 19.1 Å². The standard InChI is InChI=1S/C16H20FNO3/c1-10(2)16(15(20)21)6-7-18(9-16)14(19)12-8-11(3)4-5-13(12)17/h4-5,8,10H,6-7,9H2,1-3H3,(H,20,21). The Labute approximate surface area is 123 Å². The van der Waals surface area contributed by atoms with Gasteiger partial charge in [-0.15, -0.1) is 0 Å². The number of halogens is 1. The first-order chi connectivity index (χ1) is 9.78. The lowest BCUT2D eigenvalue weighted by atomic mass is 9.76. The van der Waals surface area contributed by atoms with Crippen molar-refractivity contribution in [2.24, 2.45) is 11.3 Å². The lowest BCUT2D eigenvalue weighted by molar-refractivity contribution is -0.150. The fraction of sp³-hybridized carbons (Fsp3) is 0.500. The third-order valence-electron chi connectivity index (χ3n) is 4.47. The minimum atomic E-state index is -0.935. The van der Waals surface area contributed by atoms with Gasteiger partial charge in [0.1, 0.15) is 5.82 Å². The molecule has 1 aromatic carbocycles. The maximum absolute atomic E-state index is 13.8. The van der Waals surface area contributed by atoms with Crippen LogP contribution in [0.2, 0.25) is 0 Å². The second-order valence-electron chi connectivity index (χ2n) is 6.08. The molecule has 0 spiro atoms. The maximum atomic E-state index is 13.8. The predicted molar refractivity (Wildman–Crippen MR) is 76.6 cm³/mol. The number of amides is 1. The Kier molecular flexibility index (Phi) is 4.03. The minimum Gasteiger partial charge on any atom is -0.481 e. The van der Waals surface area contributed by atoms with E-state index in [4.69, 9.17) is 0 Å². The van der Waals surface area contributed by atoms with Gasteiger partial charge >= 0.3 is 5.97 Å². The minimum absolute atomic E-state index is 0.0138. The van der Waals surface area contributed by atoms with Crippen molar-refractivity contribution in [3.05, 3.63) is 35.1 Å². The molecule has 4 nitrogen and oxygen atoms in total. The second kappa shape index (κ2) is 5.47. The molecule has 1 aromatic rings. The normalized spacial score (nSPS) is 21.9. The van der Waals surface area contributed by atoms with Crippen LogP contribution in [0.25, 0.3) is 0 Å². The second-order valence-corrected chi connectivity index (χ2v) is 6.08. The van der Waals surface area contributed by atoms with Crippen LogP contribution in [0.5, 0.6) is 0 Å². The van der Waals surface area contributed by atoms with E-state index in [-0.39, 0.29) is 18.0 Å². The Balaban J connectivity index is 2.27. The highest BCUT2D eigenvalue weighted by Crippen LogP contribution is 2.38.